The molecule has 0 spiro atoms. The number of rotatable bonds is 7. The molecule has 26 heavy (non-hydrogen) atoms. The maximum Gasteiger partial charge on any atom is 0.337 e. The van der Waals surface area contributed by atoms with Crippen LogP contribution < -0.4 is 4.74 Å². The lowest BCUT2D eigenvalue weighted by Gasteiger charge is -2.07. The maximum absolute atomic E-state index is 11.4. The molecule has 3 rings (SSSR count). The van der Waals surface area contributed by atoms with Crippen LogP contribution in [-0.4, -0.2) is 50.8 Å². The number of aromatic hydroxyl groups is 1. The van der Waals surface area contributed by atoms with Crippen molar-refractivity contribution in [3.8, 4) is 17.2 Å². The minimum Gasteiger partial charge on any atom is -0.508 e. The normalized spacial score (nSPS) is 10.5. The summed E-state index contributed by atoms with van der Waals surface area (Å²) in [7, 11) is 1.34. The summed E-state index contributed by atoms with van der Waals surface area (Å²) >= 11 is 1.45. The Balaban J connectivity index is 1.52. The molecule has 0 fully saturated rings. The maximum atomic E-state index is 11.4. The number of carbonyl (C=O) groups is 1. The number of tetrazole rings is 1. The van der Waals surface area contributed by atoms with Crippen LogP contribution in [0.15, 0.2) is 53.7 Å². The van der Waals surface area contributed by atoms with Crippen molar-refractivity contribution in [2.75, 3.05) is 19.5 Å². The van der Waals surface area contributed by atoms with Gasteiger partial charge in [0.15, 0.2) is 0 Å². The van der Waals surface area contributed by atoms with E-state index in [2.05, 4.69) is 20.3 Å². The monoisotopic (exact) mass is 372 g/mol. The zero-order valence-electron chi connectivity index (χ0n) is 13.9. The molecule has 3 aromatic rings. The number of phenolic OH excluding ortho intramolecular Hbond substituents is 1. The van der Waals surface area contributed by atoms with Gasteiger partial charge in [0, 0.05) is 5.75 Å². The molecule has 1 N–H and O–H groups in total. The van der Waals surface area contributed by atoms with Gasteiger partial charge in [-0.25, -0.2) is 4.79 Å². The molecule has 0 atom stereocenters. The van der Waals surface area contributed by atoms with Gasteiger partial charge in [0.1, 0.15) is 11.5 Å². The number of methoxy groups -OCH3 is 1. The molecule has 134 valence electrons. The van der Waals surface area contributed by atoms with Gasteiger partial charge >= 0.3 is 5.97 Å². The van der Waals surface area contributed by atoms with Gasteiger partial charge in [0.25, 0.3) is 0 Å². The number of thioether (sulfide) groups is 1. The summed E-state index contributed by atoms with van der Waals surface area (Å²) in [6.07, 6.45) is 0. The summed E-state index contributed by atoms with van der Waals surface area (Å²) in [5, 5.41) is 21.6. The first-order chi connectivity index (χ1) is 12.7. The van der Waals surface area contributed by atoms with Gasteiger partial charge in [-0.3, -0.25) is 0 Å². The molecule has 0 bridgehead atoms. The molecule has 0 aliphatic carbocycles. The van der Waals surface area contributed by atoms with E-state index < -0.39 is 0 Å². The largest absolute Gasteiger partial charge is 0.508 e. The van der Waals surface area contributed by atoms with Crippen molar-refractivity contribution in [2.45, 2.75) is 5.16 Å². The highest BCUT2D eigenvalue weighted by Crippen LogP contribution is 2.20. The average Bonchev–Trinajstić information content (AvgIpc) is 3.14. The first-order valence-corrected chi connectivity index (χ1v) is 8.67. The predicted molar refractivity (Wildman–Crippen MR) is 94.8 cm³/mol. The van der Waals surface area contributed by atoms with E-state index in [0.29, 0.717) is 28.8 Å². The summed E-state index contributed by atoms with van der Waals surface area (Å²) in [5.41, 5.74) is 1.23. The van der Waals surface area contributed by atoms with Crippen molar-refractivity contribution in [3.63, 3.8) is 0 Å². The van der Waals surface area contributed by atoms with Crippen LogP contribution in [0.4, 0.5) is 0 Å². The molecule has 0 aliphatic heterocycles. The first-order valence-electron chi connectivity index (χ1n) is 7.69. The van der Waals surface area contributed by atoms with E-state index in [0.717, 1.165) is 5.69 Å². The van der Waals surface area contributed by atoms with E-state index in [9.17, 15) is 9.90 Å². The van der Waals surface area contributed by atoms with Gasteiger partial charge in [-0.15, -0.1) is 5.10 Å². The summed E-state index contributed by atoms with van der Waals surface area (Å²) in [5.74, 6) is 1.10. The molecule has 0 saturated carbocycles. The lowest BCUT2D eigenvalue weighted by molar-refractivity contribution is 0.0600. The minimum atomic E-state index is -0.381. The van der Waals surface area contributed by atoms with E-state index >= 15 is 0 Å². The van der Waals surface area contributed by atoms with Crippen molar-refractivity contribution in [2.24, 2.45) is 0 Å². The smallest absolute Gasteiger partial charge is 0.337 e. The van der Waals surface area contributed by atoms with Crippen LogP contribution in [0.1, 0.15) is 10.4 Å². The summed E-state index contributed by atoms with van der Waals surface area (Å²) in [6, 6.07) is 13.4. The van der Waals surface area contributed by atoms with Gasteiger partial charge in [0.05, 0.1) is 25.0 Å². The number of hydrogen-bond acceptors (Lipinski definition) is 8. The Morgan fingerprint density at radius 2 is 1.88 bits per heavy atom. The molecule has 0 saturated heterocycles. The molecule has 2 aromatic carbocycles. The third-order valence-electron chi connectivity index (χ3n) is 3.39. The van der Waals surface area contributed by atoms with Crippen LogP contribution >= 0.6 is 11.8 Å². The fraction of sp³-hybridized carbons (Fsp3) is 0.176. The van der Waals surface area contributed by atoms with Crippen molar-refractivity contribution in [3.05, 3.63) is 54.1 Å². The van der Waals surface area contributed by atoms with E-state index in [1.165, 1.54) is 18.9 Å². The SMILES string of the molecule is COC(=O)c1ccc(OCCSc2nnnn2-c2ccc(O)cc2)cc1. The molecular weight excluding hydrogens is 356 g/mol. The molecular formula is C17H16N4O4S. The van der Waals surface area contributed by atoms with Crippen molar-refractivity contribution in [1.29, 1.82) is 0 Å². The van der Waals surface area contributed by atoms with Crippen LogP contribution in [0.2, 0.25) is 0 Å². The van der Waals surface area contributed by atoms with Gasteiger partial charge in [-0.2, -0.15) is 4.68 Å². The highest BCUT2D eigenvalue weighted by molar-refractivity contribution is 7.99. The Hall–Kier alpha value is -3.07. The number of nitrogens with zero attached hydrogens (tertiary/aromatic N) is 4. The second-order valence-corrected chi connectivity index (χ2v) is 6.16. The summed E-state index contributed by atoms with van der Waals surface area (Å²) in [4.78, 5) is 11.4. The number of carbonyl (C=O) groups excluding carboxylic acids is 1. The van der Waals surface area contributed by atoms with Crippen LogP contribution in [0.25, 0.3) is 5.69 Å². The Kier molecular flexibility index (Phi) is 5.69. The average molecular weight is 372 g/mol. The molecule has 0 radical (unpaired) electrons. The van der Waals surface area contributed by atoms with Crippen LogP contribution in [0.3, 0.4) is 0 Å². The van der Waals surface area contributed by atoms with E-state index in [-0.39, 0.29) is 11.7 Å². The Bertz CT molecular complexity index is 865. The van der Waals surface area contributed by atoms with Crippen LogP contribution in [-0.2, 0) is 4.74 Å². The number of benzene rings is 2. The lowest BCUT2D eigenvalue weighted by Crippen LogP contribution is -2.04. The molecule has 1 heterocycles. The molecule has 8 nitrogen and oxygen atoms in total. The Morgan fingerprint density at radius 3 is 2.58 bits per heavy atom. The molecule has 1 aromatic heterocycles. The minimum absolute atomic E-state index is 0.183. The van der Waals surface area contributed by atoms with E-state index in [4.69, 9.17) is 4.74 Å². The molecule has 9 heteroatoms. The van der Waals surface area contributed by atoms with Crippen LogP contribution in [0, 0.1) is 0 Å². The van der Waals surface area contributed by atoms with Gasteiger partial charge in [-0.1, -0.05) is 11.8 Å². The predicted octanol–water partition coefficient (Wildman–Crippen LogP) is 2.33. The third kappa shape index (κ3) is 4.31. The fourth-order valence-electron chi connectivity index (χ4n) is 2.12. The second kappa shape index (κ2) is 8.34. The number of esters is 1. The Labute approximate surface area is 153 Å². The highest BCUT2D eigenvalue weighted by atomic mass is 32.2. The second-order valence-electron chi connectivity index (χ2n) is 5.10. The fourth-order valence-corrected chi connectivity index (χ4v) is 2.83. The Morgan fingerprint density at radius 1 is 1.15 bits per heavy atom. The highest BCUT2D eigenvalue weighted by Gasteiger charge is 2.09. The summed E-state index contributed by atoms with van der Waals surface area (Å²) < 4.78 is 11.9. The number of hydrogen-bond donors (Lipinski definition) is 1. The molecule has 0 amide bonds. The van der Waals surface area contributed by atoms with Crippen molar-refractivity contribution < 1.29 is 19.4 Å². The topological polar surface area (TPSA) is 99.4 Å². The van der Waals surface area contributed by atoms with Gasteiger partial charge < -0.3 is 14.6 Å². The standard InChI is InChI=1S/C17H16N4O4S/c1-24-16(23)12-2-8-15(9-3-12)25-10-11-26-17-18-19-20-21(17)13-4-6-14(22)7-5-13/h2-9,22H,10-11H2,1H3. The summed E-state index contributed by atoms with van der Waals surface area (Å²) in [6.45, 7) is 0.449. The van der Waals surface area contributed by atoms with Crippen molar-refractivity contribution in [1.82, 2.24) is 20.2 Å². The zero-order valence-corrected chi connectivity index (χ0v) is 14.7. The third-order valence-corrected chi connectivity index (χ3v) is 4.28. The van der Waals surface area contributed by atoms with Gasteiger partial charge in [-0.05, 0) is 59.0 Å². The van der Waals surface area contributed by atoms with Crippen LogP contribution in [0.5, 0.6) is 11.5 Å². The number of aromatic nitrogens is 4. The van der Waals surface area contributed by atoms with E-state index in [1.54, 1.807) is 53.2 Å². The van der Waals surface area contributed by atoms with Crippen molar-refractivity contribution >= 4 is 17.7 Å². The quantitative estimate of drug-likeness (QED) is 0.383. The van der Waals surface area contributed by atoms with Gasteiger partial charge in [0.2, 0.25) is 5.16 Å². The lowest BCUT2D eigenvalue weighted by atomic mass is 10.2. The first kappa shape index (κ1) is 17.7. The molecule has 0 aliphatic rings. The number of ether oxygens (including phenoxy) is 2. The zero-order chi connectivity index (χ0) is 18.4. The number of phenols is 1. The van der Waals surface area contributed by atoms with E-state index in [1.807, 2.05) is 0 Å². The molecule has 0 unspecified atom stereocenters.